The Labute approximate surface area is 182 Å². The summed E-state index contributed by atoms with van der Waals surface area (Å²) in [6.07, 6.45) is 1.31. The van der Waals surface area contributed by atoms with Gasteiger partial charge in [-0.05, 0) is 38.1 Å². The Bertz CT molecular complexity index is 814. The SMILES string of the molecule is CCN(CC)CCNC(=O)N1CCCC(S(=O)(=O)c2ccccc2)C1.O=C(O)C(=O)O. The number of hydrogen-bond acceptors (Lipinski definition) is 6. The van der Waals surface area contributed by atoms with Crippen LogP contribution in [0.15, 0.2) is 35.2 Å². The quantitative estimate of drug-likeness (QED) is 0.517. The molecule has 0 aliphatic carbocycles. The van der Waals surface area contributed by atoms with Crippen LogP contribution in [0.3, 0.4) is 0 Å². The zero-order valence-electron chi connectivity index (χ0n) is 17.9. The lowest BCUT2D eigenvalue weighted by Gasteiger charge is -2.32. The van der Waals surface area contributed by atoms with Crippen molar-refractivity contribution in [2.45, 2.75) is 36.8 Å². The molecule has 0 aromatic heterocycles. The van der Waals surface area contributed by atoms with Crippen LogP contribution in [0.4, 0.5) is 4.79 Å². The first-order chi connectivity index (χ1) is 14.6. The molecule has 10 nitrogen and oxygen atoms in total. The normalized spacial score (nSPS) is 16.2. The molecule has 0 saturated carbocycles. The highest BCUT2D eigenvalue weighted by Gasteiger charge is 2.33. The van der Waals surface area contributed by atoms with Crippen molar-refractivity contribution >= 4 is 27.8 Å². The van der Waals surface area contributed by atoms with E-state index in [1.54, 1.807) is 35.2 Å². The standard InChI is InChI=1S/C18H29N3O3S.C2H2O4/c1-3-20(4-2)14-12-19-18(22)21-13-8-11-17(15-21)25(23,24)16-9-6-5-7-10-16;3-1(4)2(5)6/h5-7,9-10,17H,3-4,8,11-15H2,1-2H3,(H,19,22);(H,3,4)(H,5,6). The van der Waals surface area contributed by atoms with E-state index in [1.807, 2.05) is 0 Å². The van der Waals surface area contributed by atoms with Crippen LogP contribution in [0.25, 0.3) is 0 Å². The number of aliphatic carboxylic acids is 2. The van der Waals surface area contributed by atoms with E-state index in [0.29, 0.717) is 30.8 Å². The summed E-state index contributed by atoms with van der Waals surface area (Å²) in [5, 5.41) is 17.2. The monoisotopic (exact) mass is 457 g/mol. The third-order valence-electron chi connectivity index (χ3n) is 4.96. The van der Waals surface area contributed by atoms with Crippen LogP contribution in [0.2, 0.25) is 0 Å². The van der Waals surface area contributed by atoms with Crippen molar-refractivity contribution < 1.29 is 33.0 Å². The number of carbonyl (C=O) groups is 3. The van der Waals surface area contributed by atoms with Crippen molar-refractivity contribution in [3.8, 4) is 0 Å². The van der Waals surface area contributed by atoms with Crippen molar-refractivity contribution in [2.75, 3.05) is 39.3 Å². The van der Waals surface area contributed by atoms with E-state index in [0.717, 1.165) is 19.6 Å². The number of piperidine rings is 1. The minimum atomic E-state index is -3.40. The highest BCUT2D eigenvalue weighted by molar-refractivity contribution is 7.92. The number of carboxylic acids is 2. The molecule has 0 spiro atoms. The highest BCUT2D eigenvalue weighted by Crippen LogP contribution is 2.23. The zero-order chi connectivity index (χ0) is 23.4. The number of hydrogen-bond donors (Lipinski definition) is 3. The van der Waals surface area contributed by atoms with E-state index < -0.39 is 27.0 Å². The van der Waals surface area contributed by atoms with Gasteiger partial charge in [0.15, 0.2) is 9.84 Å². The number of nitrogens with one attached hydrogen (secondary N) is 1. The molecule has 1 aliphatic rings. The highest BCUT2D eigenvalue weighted by atomic mass is 32.2. The van der Waals surface area contributed by atoms with Crippen molar-refractivity contribution in [2.24, 2.45) is 0 Å². The summed E-state index contributed by atoms with van der Waals surface area (Å²) in [5.41, 5.74) is 0. The second-order valence-electron chi connectivity index (χ2n) is 6.94. The van der Waals surface area contributed by atoms with Crippen molar-refractivity contribution in [1.82, 2.24) is 15.1 Å². The third kappa shape index (κ3) is 8.54. The average molecular weight is 458 g/mol. The number of sulfone groups is 1. The Kier molecular flexibility index (Phi) is 11.0. The topological polar surface area (TPSA) is 144 Å². The Morgan fingerprint density at radius 3 is 2.19 bits per heavy atom. The lowest BCUT2D eigenvalue weighted by atomic mass is 10.1. The minimum Gasteiger partial charge on any atom is -0.473 e. The summed E-state index contributed by atoms with van der Waals surface area (Å²) in [6.45, 7) is 8.34. The van der Waals surface area contributed by atoms with Crippen LogP contribution >= 0.6 is 0 Å². The lowest BCUT2D eigenvalue weighted by molar-refractivity contribution is -0.159. The fourth-order valence-corrected chi connectivity index (χ4v) is 4.93. The maximum Gasteiger partial charge on any atom is 0.414 e. The largest absolute Gasteiger partial charge is 0.473 e. The molecule has 31 heavy (non-hydrogen) atoms. The molecule has 3 N–H and O–H groups in total. The zero-order valence-corrected chi connectivity index (χ0v) is 18.7. The number of rotatable bonds is 7. The van der Waals surface area contributed by atoms with Crippen LogP contribution in [0.1, 0.15) is 26.7 Å². The molecule has 1 aromatic carbocycles. The number of carboxylic acid groups (broad SMARTS) is 2. The third-order valence-corrected chi connectivity index (χ3v) is 7.15. The first kappa shape index (κ1) is 26.4. The molecule has 1 aromatic rings. The molecule has 174 valence electrons. The van der Waals surface area contributed by atoms with Crippen LogP contribution in [-0.4, -0.2) is 90.9 Å². The maximum atomic E-state index is 12.8. The Balaban J connectivity index is 0.000000703. The number of likely N-dealkylation sites (tertiary alicyclic amines) is 1. The van der Waals surface area contributed by atoms with Gasteiger partial charge in [0.25, 0.3) is 0 Å². The first-order valence-electron chi connectivity index (χ1n) is 10.1. The molecular weight excluding hydrogens is 426 g/mol. The molecule has 0 radical (unpaired) electrons. The van der Waals surface area contributed by atoms with Gasteiger partial charge in [0.2, 0.25) is 0 Å². The molecule has 1 unspecified atom stereocenters. The predicted molar refractivity (Wildman–Crippen MR) is 115 cm³/mol. The fourth-order valence-electron chi connectivity index (χ4n) is 3.15. The molecule has 1 fully saturated rings. The van der Waals surface area contributed by atoms with Gasteiger partial charge >= 0.3 is 18.0 Å². The maximum absolute atomic E-state index is 12.8. The van der Waals surface area contributed by atoms with Gasteiger partial charge in [0.05, 0.1) is 10.1 Å². The molecule has 11 heteroatoms. The number of nitrogens with zero attached hydrogens (tertiary/aromatic N) is 2. The van der Waals surface area contributed by atoms with Crippen molar-refractivity contribution in [3.05, 3.63) is 30.3 Å². The summed E-state index contributed by atoms with van der Waals surface area (Å²) in [7, 11) is -3.40. The van der Waals surface area contributed by atoms with E-state index in [9.17, 15) is 13.2 Å². The van der Waals surface area contributed by atoms with Crippen molar-refractivity contribution in [1.29, 1.82) is 0 Å². The van der Waals surface area contributed by atoms with Gasteiger partial charge in [0.1, 0.15) is 0 Å². The van der Waals surface area contributed by atoms with Crippen LogP contribution in [-0.2, 0) is 19.4 Å². The van der Waals surface area contributed by atoms with Gasteiger partial charge in [-0.25, -0.2) is 22.8 Å². The van der Waals surface area contributed by atoms with Gasteiger partial charge in [-0.3, -0.25) is 0 Å². The summed E-state index contributed by atoms with van der Waals surface area (Å²) >= 11 is 0. The van der Waals surface area contributed by atoms with Crippen molar-refractivity contribution in [3.63, 3.8) is 0 Å². The minimum absolute atomic E-state index is 0.167. The molecular formula is C20H31N3O7S. The van der Waals surface area contributed by atoms with Gasteiger partial charge in [-0.2, -0.15) is 0 Å². The van der Waals surface area contributed by atoms with E-state index in [1.165, 1.54) is 0 Å². The van der Waals surface area contributed by atoms with Crippen LogP contribution in [0, 0.1) is 0 Å². The van der Waals surface area contributed by atoms with E-state index >= 15 is 0 Å². The molecule has 2 rings (SSSR count). The Morgan fingerprint density at radius 1 is 1.10 bits per heavy atom. The molecule has 1 heterocycles. The Morgan fingerprint density at radius 2 is 1.68 bits per heavy atom. The number of carbonyl (C=O) groups excluding carboxylic acids is 1. The summed E-state index contributed by atoms with van der Waals surface area (Å²) in [6, 6.07) is 8.34. The summed E-state index contributed by atoms with van der Waals surface area (Å²) in [4.78, 5) is 34.8. The second kappa shape index (κ2) is 12.9. The Hall–Kier alpha value is -2.66. The predicted octanol–water partition coefficient (Wildman–Crippen LogP) is 1.13. The van der Waals surface area contributed by atoms with Crippen LogP contribution in [0.5, 0.6) is 0 Å². The summed E-state index contributed by atoms with van der Waals surface area (Å²) < 4.78 is 25.5. The lowest BCUT2D eigenvalue weighted by Crippen LogP contribution is -2.50. The number of urea groups is 1. The molecule has 1 saturated heterocycles. The second-order valence-corrected chi connectivity index (χ2v) is 9.17. The van der Waals surface area contributed by atoms with Gasteiger partial charge in [0, 0.05) is 26.2 Å². The van der Waals surface area contributed by atoms with E-state index in [4.69, 9.17) is 19.8 Å². The summed E-state index contributed by atoms with van der Waals surface area (Å²) in [5.74, 6) is -3.65. The first-order valence-corrected chi connectivity index (χ1v) is 11.7. The number of likely N-dealkylation sites (N-methyl/N-ethyl adjacent to an activating group) is 1. The molecule has 0 bridgehead atoms. The van der Waals surface area contributed by atoms with Gasteiger partial charge < -0.3 is 25.3 Å². The van der Waals surface area contributed by atoms with E-state index in [2.05, 4.69) is 24.1 Å². The van der Waals surface area contributed by atoms with Gasteiger partial charge in [-0.15, -0.1) is 0 Å². The van der Waals surface area contributed by atoms with Crippen LogP contribution < -0.4 is 5.32 Å². The average Bonchev–Trinajstić information content (AvgIpc) is 2.77. The molecule has 1 atom stereocenters. The fraction of sp³-hybridized carbons (Fsp3) is 0.550. The van der Waals surface area contributed by atoms with E-state index in [-0.39, 0.29) is 12.6 Å². The smallest absolute Gasteiger partial charge is 0.414 e. The molecule has 2 amide bonds. The number of amides is 2. The number of benzene rings is 1. The van der Waals surface area contributed by atoms with Gasteiger partial charge in [-0.1, -0.05) is 32.0 Å². The molecule has 1 aliphatic heterocycles.